The maximum absolute atomic E-state index is 11.6. The zero-order valence-corrected chi connectivity index (χ0v) is 36.5. The summed E-state index contributed by atoms with van der Waals surface area (Å²) in [6.07, 6.45) is 43.9. The lowest BCUT2D eigenvalue weighted by atomic mass is 10.0. The Morgan fingerprint density at radius 3 is 1.45 bits per heavy atom. The molecule has 0 aliphatic rings. The molecule has 0 rings (SSSR count). The van der Waals surface area contributed by atoms with Gasteiger partial charge in [0, 0.05) is 5.92 Å². The van der Waals surface area contributed by atoms with Crippen LogP contribution in [0.4, 0.5) is 0 Å². The molecule has 2 atom stereocenters. The second-order valence-electron chi connectivity index (χ2n) is 16.4. The van der Waals surface area contributed by atoms with Crippen LogP contribution in [0, 0.1) is 24.2 Å². The van der Waals surface area contributed by atoms with E-state index in [1.165, 1.54) is 109 Å². The maximum Gasteiger partial charge on any atom is 0.371 e. The van der Waals surface area contributed by atoms with Crippen LogP contribution in [0.5, 0.6) is 0 Å². The van der Waals surface area contributed by atoms with Gasteiger partial charge >= 0.3 is 5.97 Å². The summed E-state index contributed by atoms with van der Waals surface area (Å²) in [5, 5.41) is 0. The van der Waals surface area contributed by atoms with Crippen LogP contribution in [0.1, 0.15) is 128 Å². The van der Waals surface area contributed by atoms with Crippen molar-refractivity contribution in [3.63, 3.8) is 0 Å². The molecule has 280 valence electrons. The van der Waals surface area contributed by atoms with Gasteiger partial charge in [0.15, 0.2) is 16.6 Å². The largest absolute Gasteiger partial charge is 0.511 e. The van der Waals surface area contributed by atoms with Gasteiger partial charge in [0.25, 0.3) is 0 Å². The zero-order chi connectivity index (χ0) is 36.9. The predicted octanol–water partition coefficient (Wildman–Crippen LogP) is 12.9. The first-order chi connectivity index (χ1) is 23.1. The number of hydrogen-bond acceptors (Lipinski definition) is 4. The zero-order valence-electron chi connectivity index (χ0n) is 33.5. The smallest absolute Gasteiger partial charge is 0.371 e. The van der Waals surface area contributed by atoms with Gasteiger partial charge in [-0.3, -0.25) is 0 Å². The van der Waals surface area contributed by atoms with E-state index in [0.717, 1.165) is 19.3 Å². The van der Waals surface area contributed by atoms with Gasteiger partial charge in [0.05, 0.1) is 6.10 Å². The van der Waals surface area contributed by atoms with Crippen LogP contribution in [0.25, 0.3) is 0 Å². The average molecular weight is 729 g/mol. The minimum atomic E-state index is -1.85. The Labute approximate surface area is 308 Å². The number of terminal acetylenes is 1. The molecule has 0 bridgehead atoms. The monoisotopic (exact) mass is 729 g/mol. The van der Waals surface area contributed by atoms with Gasteiger partial charge in [-0.15, -0.1) is 6.42 Å². The van der Waals surface area contributed by atoms with Crippen molar-refractivity contribution in [1.82, 2.24) is 0 Å². The minimum absolute atomic E-state index is 0.159. The van der Waals surface area contributed by atoms with E-state index in [4.69, 9.17) is 19.7 Å². The molecule has 0 aliphatic heterocycles. The van der Waals surface area contributed by atoms with Crippen molar-refractivity contribution in [1.29, 1.82) is 0 Å². The van der Waals surface area contributed by atoms with E-state index in [0.29, 0.717) is 0 Å². The van der Waals surface area contributed by atoms with E-state index in [2.05, 4.69) is 87.4 Å². The van der Waals surface area contributed by atoms with E-state index in [1.807, 2.05) is 19.6 Å². The highest BCUT2D eigenvalue weighted by Gasteiger charge is 2.20. The van der Waals surface area contributed by atoms with E-state index in [-0.39, 0.29) is 12.2 Å². The molecule has 49 heavy (non-hydrogen) atoms. The minimum Gasteiger partial charge on any atom is -0.511 e. The molecule has 0 radical (unpaired) electrons. The van der Waals surface area contributed by atoms with Gasteiger partial charge in [0.1, 0.15) is 6.10 Å². The SMILES string of the molecule is C#C[C@@H](/C=C/CCCCCCCCCCC/C=C/C(CCCCCCCCC/C=C\C#CC(=O)O[Si](C)(C)C)O[Si](C)(C)C)O[Si](C)(C)C. The highest BCUT2D eigenvalue weighted by atomic mass is 28.4. The van der Waals surface area contributed by atoms with Crippen molar-refractivity contribution in [2.24, 2.45) is 0 Å². The van der Waals surface area contributed by atoms with Gasteiger partial charge in [-0.25, -0.2) is 4.79 Å². The summed E-state index contributed by atoms with van der Waals surface area (Å²) in [4.78, 5) is 11.6. The second kappa shape index (κ2) is 29.0. The molecule has 0 fully saturated rings. The second-order valence-corrected chi connectivity index (χ2v) is 29.8. The van der Waals surface area contributed by atoms with Crippen molar-refractivity contribution >= 4 is 30.9 Å². The molecule has 4 nitrogen and oxygen atoms in total. The first-order valence-electron chi connectivity index (χ1n) is 19.7. The molecular formula is C42H76O4Si3. The molecule has 7 heteroatoms. The maximum atomic E-state index is 11.6. The summed E-state index contributed by atoms with van der Waals surface area (Å²) in [7, 11) is -5.00. The first-order valence-corrected chi connectivity index (χ1v) is 29.9. The standard InChI is InChI=1S/C42H76O4Si3/c1-11-40(44-47(2,3)4)36-32-28-24-20-16-13-12-14-17-21-25-29-33-37-41(45-48(5,6)7)38-34-30-26-22-18-15-19-23-27-31-35-39-42(43)46-49(8,9)10/h1,27,31-33,36-37,40-41H,12-26,28-30,34,38H2,2-10H3/b31-27-,36-32+,37-33+/t40-,41?/m0/s1. The number of carbonyl (C=O) groups is 1. The van der Waals surface area contributed by atoms with Gasteiger partial charge < -0.3 is 13.3 Å². The Bertz CT molecular complexity index is 1030. The summed E-state index contributed by atoms with van der Waals surface area (Å²) in [5.74, 6) is 7.69. The van der Waals surface area contributed by atoms with Crippen LogP contribution in [0.15, 0.2) is 36.5 Å². The average Bonchev–Trinajstić information content (AvgIpc) is 2.98. The molecule has 0 saturated heterocycles. The predicted molar refractivity (Wildman–Crippen MR) is 222 cm³/mol. The lowest BCUT2D eigenvalue weighted by molar-refractivity contribution is -0.128. The quantitative estimate of drug-likeness (QED) is 0.0333. The molecule has 0 saturated carbocycles. The third kappa shape index (κ3) is 37.5. The van der Waals surface area contributed by atoms with E-state index >= 15 is 0 Å². The normalized spacial score (nSPS) is 13.9. The van der Waals surface area contributed by atoms with Gasteiger partial charge in [0.2, 0.25) is 8.32 Å². The molecule has 1 unspecified atom stereocenters. The van der Waals surface area contributed by atoms with Crippen molar-refractivity contribution in [3.05, 3.63) is 36.5 Å². The molecule has 0 spiro atoms. The summed E-state index contributed by atoms with van der Waals surface area (Å²) in [6, 6.07) is 0. The Morgan fingerprint density at radius 2 is 1.00 bits per heavy atom. The third-order valence-corrected chi connectivity index (χ3v) is 10.5. The molecule has 0 heterocycles. The van der Waals surface area contributed by atoms with E-state index < -0.39 is 30.9 Å². The van der Waals surface area contributed by atoms with Gasteiger partial charge in [-0.05, 0) is 116 Å². The molecule has 0 amide bonds. The molecule has 0 aromatic heterocycles. The fourth-order valence-corrected chi connectivity index (χ4v) is 8.05. The molecule has 0 N–H and O–H groups in total. The van der Waals surface area contributed by atoms with Crippen LogP contribution in [0.2, 0.25) is 58.9 Å². The molecule has 0 aromatic rings. The summed E-state index contributed by atoms with van der Waals surface area (Å²) >= 11 is 0. The number of hydrogen-bond donors (Lipinski definition) is 0. The highest BCUT2D eigenvalue weighted by Crippen LogP contribution is 2.18. The van der Waals surface area contributed by atoms with E-state index in [1.54, 1.807) is 6.08 Å². The lowest BCUT2D eigenvalue weighted by Gasteiger charge is -2.24. The number of allylic oxidation sites excluding steroid dienone is 4. The van der Waals surface area contributed by atoms with Crippen LogP contribution in [-0.4, -0.2) is 43.1 Å². The fraction of sp³-hybridized carbons (Fsp3) is 0.738. The summed E-state index contributed by atoms with van der Waals surface area (Å²) in [6.45, 7) is 19.4. The molecule has 0 aromatic carbocycles. The molecule has 0 aliphatic carbocycles. The highest BCUT2D eigenvalue weighted by molar-refractivity contribution is 6.71. The molecular weight excluding hydrogens is 653 g/mol. The van der Waals surface area contributed by atoms with Gasteiger partial charge in [-0.1, -0.05) is 120 Å². The Kier molecular flexibility index (Phi) is 28.1. The lowest BCUT2D eigenvalue weighted by Crippen LogP contribution is -2.31. The topological polar surface area (TPSA) is 44.8 Å². The summed E-state index contributed by atoms with van der Waals surface area (Å²) < 4.78 is 17.8. The number of unbranched alkanes of at least 4 members (excludes halogenated alkanes) is 17. The van der Waals surface area contributed by atoms with Crippen LogP contribution < -0.4 is 0 Å². The Balaban J connectivity index is 3.90. The fourth-order valence-electron chi connectivity index (χ4n) is 5.43. The van der Waals surface area contributed by atoms with Crippen molar-refractivity contribution in [2.75, 3.05) is 0 Å². The van der Waals surface area contributed by atoms with E-state index in [9.17, 15) is 4.79 Å². The third-order valence-electron chi connectivity index (χ3n) is 7.69. The van der Waals surface area contributed by atoms with Crippen molar-refractivity contribution in [3.8, 4) is 24.2 Å². The number of rotatable bonds is 29. The Hall–Kier alpha value is -1.62. The Morgan fingerprint density at radius 1 is 0.571 bits per heavy atom. The van der Waals surface area contributed by atoms with Crippen LogP contribution in [0.3, 0.4) is 0 Å². The van der Waals surface area contributed by atoms with Crippen LogP contribution >= 0.6 is 0 Å². The van der Waals surface area contributed by atoms with Crippen LogP contribution in [-0.2, 0) is 18.1 Å². The summed E-state index contributed by atoms with van der Waals surface area (Å²) in [5.41, 5.74) is 0. The van der Waals surface area contributed by atoms with Crippen molar-refractivity contribution < 1.29 is 18.1 Å². The van der Waals surface area contributed by atoms with Gasteiger partial charge in [-0.2, -0.15) is 0 Å². The van der Waals surface area contributed by atoms with Crippen molar-refractivity contribution in [2.45, 2.75) is 200 Å². The number of carbonyl (C=O) groups excluding carboxylic acids is 1. The first kappa shape index (κ1) is 47.4.